The van der Waals surface area contributed by atoms with Crippen LogP contribution in [0.15, 0.2) is 24.3 Å². The quantitative estimate of drug-likeness (QED) is 0.687. The number of benzene rings is 1. The second-order valence-electron chi connectivity index (χ2n) is 9.04. The molecule has 2 aliphatic heterocycles. The van der Waals surface area contributed by atoms with Gasteiger partial charge in [0.05, 0.1) is 25.7 Å². The number of carbonyl (C=O) groups is 1. The van der Waals surface area contributed by atoms with Crippen LogP contribution >= 0.6 is 0 Å². The van der Waals surface area contributed by atoms with Gasteiger partial charge in [-0.15, -0.1) is 0 Å². The van der Waals surface area contributed by atoms with Gasteiger partial charge in [0, 0.05) is 11.5 Å². The summed E-state index contributed by atoms with van der Waals surface area (Å²) in [6.45, 7) is 12.6. The summed E-state index contributed by atoms with van der Waals surface area (Å²) in [5, 5.41) is 0. The van der Waals surface area contributed by atoms with Crippen molar-refractivity contribution >= 4 is 5.97 Å². The first-order chi connectivity index (χ1) is 13.9. The van der Waals surface area contributed by atoms with Gasteiger partial charge in [-0.3, -0.25) is 4.79 Å². The maximum absolute atomic E-state index is 12.6. The predicted molar refractivity (Wildman–Crippen MR) is 117 cm³/mol. The number of esters is 1. The minimum absolute atomic E-state index is 0.0661. The molecule has 0 spiro atoms. The van der Waals surface area contributed by atoms with E-state index in [1.165, 1.54) is 24.7 Å². The van der Waals surface area contributed by atoms with Gasteiger partial charge in [0.2, 0.25) is 0 Å². The van der Waals surface area contributed by atoms with E-state index in [0.717, 1.165) is 19.6 Å². The SMILES string of the molecule is CC.COC(=O)[C@@H]1[C@@H]2C[C@@H]3N(C)CCC3(c3ccccc3C)[C@@H](C)[C@@H]2CO[C@@H]1C. The van der Waals surface area contributed by atoms with E-state index in [2.05, 4.69) is 50.1 Å². The number of hydrogen-bond donors (Lipinski definition) is 0. The number of aryl methyl sites for hydroxylation is 1. The van der Waals surface area contributed by atoms with Gasteiger partial charge < -0.3 is 14.4 Å². The lowest BCUT2D eigenvalue weighted by atomic mass is 9.51. The summed E-state index contributed by atoms with van der Waals surface area (Å²) in [5.41, 5.74) is 3.03. The molecule has 0 aromatic heterocycles. The van der Waals surface area contributed by atoms with Gasteiger partial charge in [-0.1, -0.05) is 45.0 Å². The number of hydrogen-bond acceptors (Lipinski definition) is 4. The van der Waals surface area contributed by atoms with Crippen LogP contribution in [0.3, 0.4) is 0 Å². The van der Waals surface area contributed by atoms with Crippen LogP contribution in [0.4, 0.5) is 0 Å². The molecule has 7 atom stereocenters. The van der Waals surface area contributed by atoms with Crippen molar-refractivity contribution in [3.8, 4) is 0 Å². The van der Waals surface area contributed by atoms with Gasteiger partial charge in [0.1, 0.15) is 0 Å². The Morgan fingerprint density at radius 2 is 1.90 bits per heavy atom. The van der Waals surface area contributed by atoms with Crippen LogP contribution in [0, 0.1) is 30.6 Å². The van der Waals surface area contributed by atoms with E-state index in [9.17, 15) is 4.79 Å². The summed E-state index contributed by atoms with van der Waals surface area (Å²) in [6, 6.07) is 9.37. The molecule has 1 unspecified atom stereocenters. The van der Waals surface area contributed by atoms with Gasteiger partial charge in [0.15, 0.2) is 0 Å². The van der Waals surface area contributed by atoms with Gasteiger partial charge in [-0.25, -0.2) is 0 Å². The molecule has 4 nitrogen and oxygen atoms in total. The fourth-order valence-corrected chi connectivity index (χ4v) is 6.74. The number of nitrogens with zero attached hydrogens (tertiary/aromatic N) is 1. The van der Waals surface area contributed by atoms with Crippen molar-refractivity contribution < 1.29 is 14.3 Å². The Morgan fingerprint density at radius 1 is 1.21 bits per heavy atom. The third-order valence-electron chi connectivity index (χ3n) is 8.14. The number of rotatable bonds is 2. The standard InChI is InChI=1S/C23H33NO3.C2H6/c1-14-8-6-7-9-19(14)23-10-11-24(4)20(23)12-17-18(15(23)2)13-27-16(3)21(17)22(25)26-5;1-2/h6-9,15-18,20-21H,10-13H2,1-5H3;1-2H3/t15-,16+,17+,18-,20-,21-,23?;/m0./s1. The first-order valence-corrected chi connectivity index (χ1v) is 11.4. The Balaban J connectivity index is 0.00000117. The fraction of sp³-hybridized carbons (Fsp3) is 0.720. The molecule has 0 amide bonds. The number of fused-ring (bicyclic) bond motifs is 2. The van der Waals surface area contributed by atoms with E-state index >= 15 is 0 Å². The lowest BCUT2D eigenvalue weighted by molar-refractivity contribution is -0.176. The summed E-state index contributed by atoms with van der Waals surface area (Å²) in [7, 11) is 3.76. The Bertz CT molecular complexity index is 720. The van der Waals surface area contributed by atoms with E-state index in [-0.39, 0.29) is 23.4 Å². The first kappa shape index (κ1) is 22.3. The lowest BCUT2D eigenvalue weighted by Gasteiger charge is -2.57. The molecule has 3 aliphatic rings. The summed E-state index contributed by atoms with van der Waals surface area (Å²) >= 11 is 0. The number of carbonyl (C=O) groups excluding carboxylic acids is 1. The van der Waals surface area contributed by atoms with Crippen LogP contribution < -0.4 is 0 Å². The molecule has 0 N–H and O–H groups in total. The number of likely N-dealkylation sites (N-methyl/N-ethyl adjacent to an activating group) is 1. The first-order valence-electron chi connectivity index (χ1n) is 11.4. The fourth-order valence-electron chi connectivity index (χ4n) is 6.74. The van der Waals surface area contributed by atoms with Crippen LogP contribution in [-0.4, -0.2) is 50.3 Å². The van der Waals surface area contributed by atoms with E-state index in [0.29, 0.717) is 23.8 Å². The monoisotopic (exact) mass is 401 g/mol. The molecule has 3 fully saturated rings. The highest BCUT2D eigenvalue weighted by Gasteiger charge is 2.61. The molecule has 1 aromatic carbocycles. The maximum atomic E-state index is 12.6. The zero-order chi connectivity index (χ0) is 21.3. The molecule has 1 aliphatic carbocycles. The average Bonchev–Trinajstić information content (AvgIpc) is 3.07. The summed E-state index contributed by atoms with van der Waals surface area (Å²) in [5.74, 6) is 0.937. The minimum atomic E-state index is -0.153. The Morgan fingerprint density at radius 3 is 2.55 bits per heavy atom. The number of ether oxygens (including phenoxy) is 2. The van der Waals surface area contributed by atoms with Gasteiger partial charge >= 0.3 is 5.97 Å². The Labute approximate surface area is 177 Å². The third kappa shape index (κ3) is 3.42. The predicted octanol–water partition coefficient (Wildman–Crippen LogP) is 4.44. The highest BCUT2D eigenvalue weighted by molar-refractivity contribution is 5.73. The number of methoxy groups -OCH3 is 1. The van der Waals surface area contributed by atoms with Crippen LogP contribution in [0.2, 0.25) is 0 Å². The van der Waals surface area contributed by atoms with Gasteiger partial charge in [0.25, 0.3) is 0 Å². The Hall–Kier alpha value is -1.39. The van der Waals surface area contributed by atoms with E-state index in [1.54, 1.807) is 0 Å². The van der Waals surface area contributed by atoms with Crippen LogP contribution in [-0.2, 0) is 19.7 Å². The van der Waals surface area contributed by atoms with Crippen molar-refractivity contribution in [2.24, 2.45) is 23.7 Å². The van der Waals surface area contributed by atoms with Crippen molar-refractivity contribution in [2.45, 2.75) is 65.0 Å². The van der Waals surface area contributed by atoms with E-state index in [1.807, 2.05) is 20.8 Å². The molecule has 4 rings (SSSR count). The number of likely N-dealkylation sites (tertiary alicyclic amines) is 1. The molecular weight excluding hydrogens is 362 g/mol. The van der Waals surface area contributed by atoms with Crippen LogP contribution in [0.25, 0.3) is 0 Å². The normalized spacial score (nSPS) is 39.0. The molecular formula is C25H39NO3. The van der Waals surface area contributed by atoms with Gasteiger partial charge in [-0.2, -0.15) is 0 Å². The largest absolute Gasteiger partial charge is 0.469 e. The van der Waals surface area contributed by atoms with Crippen molar-refractivity contribution in [3.05, 3.63) is 35.4 Å². The highest BCUT2D eigenvalue weighted by Crippen LogP contribution is 2.58. The van der Waals surface area contributed by atoms with Crippen molar-refractivity contribution in [3.63, 3.8) is 0 Å². The second kappa shape index (κ2) is 8.77. The van der Waals surface area contributed by atoms with Crippen molar-refractivity contribution in [1.82, 2.24) is 4.90 Å². The average molecular weight is 402 g/mol. The third-order valence-corrected chi connectivity index (χ3v) is 8.14. The summed E-state index contributed by atoms with van der Waals surface area (Å²) < 4.78 is 11.3. The van der Waals surface area contributed by atoms with Crippen LogP contribution in [0.1, 0.15) is 51.7 Å². The zero-order valence-corrected chi connectivity index (χ0v) is 19.3. The van der Waals surface area contributed by atoms with Crippen molar-refractivity contribution in [1.29, 1.82) is 0 Å². The molecule has 4 heteroatoms. The molecule has 162 valence electrons. The topological polar surface area (TPSA) is 38.8 Å². The molecule has 2 saturated heterocycles. The molecule has 0 bridgehead atoms. The second-order valence-corrected chi connectivity index (χ2v) is 9.04. The zero-order valence-electron chi connectivity index (χ0n) is 19.3. The summed E-state index contributed by atoms with van der Waals surface area (Å²) in [6.07, 6.45) is 2.17. The minimum Gasteiger partial charge on any atom is -0.469 e. The lowest BCUT2D eigenvalue weighted by Crippen LogP contribution is -2.60. The molecule has 1 aromatic rings. The molecule has 0 radical (unpaired) electrons. The molecule has 1 saturated carbocycles. The van der Waals surface area contributed by atoms with Gasteiger partial charge in [-0.05, 0) is 69.2 Å². The molecule has 2 heterocycles. The maximum Gasteiger partial charge on any atom is 0.311 e. The molecule has 29 heavy (non-hydrogen) atoms. The Kier molecular flexibility index (Phi) is 6.74. The van der Waals surface area contributed by atoms with E-state index in [4.69, 9.17) is 9.47 Å². The van der Waals surface area contributed by atoms with Crippen molar-refractivity contribution in [2.75, 3.05) is 27.3 Å². The summed E-state index contributed by atoms with van der Waals surface area (Å²) in [4.78, 5) is 15.1. The highest BCUT2D eigenvalue weighted by atomic mass is 16.5. The van der Waals surface area contributed by atoms with E-state index < -0.39 is 0 Å². The van der Waals surface area contributed by atoms with Crippen LogP contribution in [0.5, 0.6) is 0 Å². The smallest absolute Gasteiger partial charge is 0.311 e.